The number of amides is 1. The Morgan fingerprint density at radius 1 is 1.13 bits per heavy atom. The molecule has 1 aromatic heterocycles. The average molecular weight is 405 g/mol. The van der Waals surface area contributed by atoms with Crippen molar-refractivity contribution in [3.8, 4) is 11.4 Å². The molecule has 1 saturated heterocycles. The van der Waals surface area contributed by atoms with Crippen molar-refractivity contribution in [2.24, 2.45) is 0 Å². The van der Waals surface area contributed by atoms with Crippen LogP contribution in [0.25, 0.3) is 11.4 Å². The zero-order chi connectivity index (χ0) is 20.9. The third-order valence-corrected chi connectivity index (χ3v) is 5.73. The molecule has 0 spiro atoms. The van der Waals surface area contributed by atoms with Gasteiger partial charge in [0, 0.05) is 17.2 Å². The predicted octanol–water partition coefficient (Wildman–Crippen LogP) is 4.43. The summed E-state index contributed by atoms with van der Waals surface area (Å²) in [7, 11) is 0. The normalized spacial score (nSPS) is 15.3. The molecule has 1 amide bonds. The molecule has 0 bridgehead atoms. The molecular weight excluding hydrogens is 376 g/mol. The highest BCUT2D eigenvalue weighted by Crippen LogP contribution is 2.28. The van der Waals surface area contributed by atoms with Crippen LogP contribution in [0.1, 0.15) is 42.7 Å². The molecule has 6 nitrogen and oxygen atoms in total. The number of aryl methyl sites for hydroxylation is 2. The van der Waals surface area contributed by atoms with Gasteiger partial charge < -0.3 is 9.84 Å². The maximum Gasteiger partial charge on any atom is 0.238 e. The van der Waals surface area contributed by atoms with Crippen LogP contribution in [0.15, 0.2) is 53.1 Å². The molecular formula is C24H28N4O2. The van der Waals surface area contributed by atoms with Crippen molar-refractivity contribution in [3.63, 3.8) is 0 Å². The van der Waals surface area contributed by atoms with Crippen molar-refractivity contribution in [1.82, 2.24) is 15.0 Å². The number of benzene rings is 2. The molecule has 6 heteroatoms. The van der Waals surface area contributed by atoms with Gasteiger partial charge in [0.1, 0.15) is 0 Å². The second-order valence-electron chi connectivity index (χ2n) is 7.93. The number of piperidine rings is 1. The molecule has 1 fully saturated rings. The van der Waals surface area contributed by atoms with Crippen molar-refractivity contribution in [1.29, 1.82) is 0 Å². The number of anilines is 1. The van der Waals surface area contributed by atoms with E-state index in [1.54, 1.807) is 0 Å². The van der Waals surface area contributed by atoms with Gasteiger partial charge in [-0.15, -0.1) is 0 Å². The largest absolute Gasteiger partial charge is 0.339 e. The summed E-state index contributed by atoms with van der Waals surface area (Å²) in [4.78, 5) is 19.3. The minimum absolute atomic E-state index is 0.0359. The van der Waals surface area contributed by atoms with Gasteiger partial charge in [-0.3, -0.25) is 9.69 Å². The third-order valence-electron chi connectivity index (χ3n) is 5.73. The van der Waals surface area contributed by atoms with Gasteiger partial charge in [-0.05, 0) is 50.9 Å². The van der Waals surface area contributed by atoms with Crippen molar-refractivity contribution in [2.45, 2.75) is 39.0 Å². The third kappa shape index (κ3) is 4.76. The van der Waals surface area contributed by atoms with E-state index in [-0.39, 0.29) is 11.8 Å². The molecule has 156 valence electrons. The van der Waals surface area contributed by atoms with Gasteiger partial charge in [0.15, 0.2) is 0 Å². The summed E-state index contributed by atoms with van der Waals surface area (Å²) < 4.78 is 5.55. The highest BCUT2D eigenvalue weighted by molar-refractivity contribution is 5.93. The smallest absolute Gasteiger partial charge is 0.238 e. The van der Waals surface area contributed by atoms with E-state index in [1.165, 1.54) is 5.56 Å². The lowest BCUT2D eigenvalue weighted by Crippen LogP contribution is -2.38. The predicted molar refractivity (Wildman–Crippen MR) is 117 cm³/mol. The van der Waals surface area contributed by atoms with Crippen molar-refractivity contribution < 1.29 is 9.32 Å². The van der Waals surface area contributed by atoms with Crippen LogP contribution < -0.4 is 5.32 Å². The number of hydrogen-bond acceptors (Lipinski definition) is 5. The van der Waals surface area contributed by atoms with Crippen LogP contribution in [-0.4, -0.2) is 40.6 Å². The van der Waals surface area contributed by atoms with Gasteiger partial charge in [0.05, 0.1) is 6.54 Å². The van der Waals surface area contributed by atoms with Crippen LogP contribution in [-0.2, 0) is 11.2 Å². The molecule has 3 aromatic rings. The van der Waals surface area contributed by atoms with Crippen molar-refractivity contribution >= 4 is 11.6 Å². The fourth-order valence-electron chi connectivity index (χ4n) is 3.90. The monoisotopic (exact) mass is 404 g/mol. The Morgan fingerprint density at radius 2 is 1.87 bits per heavy atom. The Kier molecular flexibility index (Phi) is 6.23. The quantitative estimate of drug-likeness (QED) is 0.658. The van der Waals surface area contributed by atoms with E-state index in [1.807, 2.05) is 42.5 Å². The van der Waals surface area contributed by atoms with E-state index in [0.29, 0.717) is 18.3 Å². The maximum absolute atomic E-state index is 12.5. The minimum Gasteiger partial charge on any atom is -0.339 e. The summed E-state index contributed by atoms with van der Waals surface area (Å²) >= 11 is 0. The molecule has 4 rings (SSSR count). The Hall–Kier alpha value is -2.99. The number of hydrogen-bond donors (Lipinski definition) is 1. The van der Waals surface area contributed by atoms with Crippen LogP contribution in [0.5, 0.6) is 0 Å². The topological polar surface area (TPSA) is 71.3 Å². The number of aromatic nitrogens is 2. The lowest BCUT2D eigenvalue weighted by Gasteiger charge is -2.29. The van der Waals surface area contributed by atoms with E-state index in [2.05, 4.69) is 40.3 Å². The maximum atomic E-state index is 12.5. The SMILES string of the molecule is CCc1ccccc1NC(=O)CN1CCC(c2nc(-c3ccc(C)cc3)no2)CC1. The second-order valence-corrected chi connectivity index (χ2v) is 7.93. The zero-order valence-corrected chi connectivity index (χ0v) is 17.6. The summed E-state index contributed by atoms with van der Waals surface area (Å²) in [5, 5.41) is 7.21. The number of para-hydroxylation sites is 1. The first-order valence-corrected chi connectivity index (χ1v) is 10.6. The van der Waals surface area contributed by atoms with Crippen LogP contribution in [0.2, 0.25) is 0 Å². The Balaban J connectivity index is 1.30. The second kappa shape index (κ2) is 9.22. The van der Waals surface area contributed by atoms with Crippen LogP contribution in [0.4, 0.5) is 5.69 Å². The summed E-state index contributed by atoms with van der Waals surface area (Å²) in [6.07, 6.45) is 2.72. The van der Waals surface area contributed by atoms with E-state index in [9.17, 15) is 4.79 Å². The lowest BCUT2D eigenvalue weighted by atomic mass is 9.97. The molecule has 0 aliphatic carbocycles. The van der Waals surface area contributed by atoms with Crippen LogP contribution in [0.3, 0.4) is 0 Å². The van der Waals surface area contributed by atoms with Gasteiger partial charge >= 0.3 is 0 Å². The summed E-state index contributed by atoms with van der Waals surface area (Å²) in [6, 6.07) is 16.1. The molecule has 30 heavy (non-hydrogen) atoms. The average Bonchev–Trinajstić information content (AvgIpc) is 3.25. The number of carbonyl (C=O) groups excluding carboxylic acids is 1. The number of nitrogens with zero attached hydrogens (tertiary/aromatic N) is 3. The first-order chi connectivity index (χ1) is 14.6. The van der Waals surface area contributed by atoms with Crippen LogP contribution >= 0.6 is 0 Å². The molecule has 0 unspecified atom stereocenters. The Labute approximate surface area is 177 Å². The minimum atomic E-state index is 0.0359. The highest BCUT2D eigenvalue weighted by atomic mass is 16.5. The number of rotatable bonds is 6. The zero-order valence-electron chi connectivity index (χ0n) is 17.6. The molecule has 1 aliphatic heterocycles. The molecule has 0 saturated carbocycles. The molecule has 2 aromatic carbocycles. The van der Waals surface area contributed by atoms with Crippen molar-refractivity contribution in [2.75, 3.05) is 25.0 Å². The summed E-state index contributed by atoms with van der Waals surface area (Å²) in [5.41, 5.74) is 4.24. The van der Waals surface area contributed by atoms with Crippen molar-refractivity contribution in [3.05, 3.63) is 65.5 Å². The van der Waals surface area contributed by atoms with E-state index in [4.69, 9.17) is 4.52 Å². The van der Waals surface area contributed by atoms with Gasteiger partial charge in [0.2, 0.25) is 17.6 Å². The number of nitrogens with one attached hydrogen (secondary N) is 1. The Morgan fingerprint density at radius 3 is 2.60 bits per heavy atom. The fourth-order valence-corrected chi connectivity index (χ4v) is 3.90. The molecule has 1 aliphatic rings. The Bertz CT molecular complexity index is 988. The van der Waals surface area contributed by atoms with Gasteiger partial charge in [-0.25, -0.2) is 0 Å². The number of carbonyl (C=O) groups is 1. The number of likely N-dealkylation sites (tertiary alicyclic amines) is 1. The molecule has 2 heterocycles. The lowest BCUT2D eigenvalue weighted by molar-refractivity contribution is -0.117. The highest BCUT2D eigenvalue weighted by Gasteiger charge is 2.26. The van der Waals surface area contributed by atoms with E-state index < -0.39 is 0 Å². The standard InChI is InChI=1S/C24H28N4O2/c1-3-18-6-4-5-7-21(18)25-22(29)16-28-14-12-20(13-15-28)24-26-23(27-30-24)19-10-8-17(2)9-11-19/h4-11,20H,3,12-16H2,1-2H3,(H,25,29). The first-order valence-electron chi connectivity index (χ1n) is 10.6. The van der Waals surface area contributed by atoms with Gasteiger partial charge in [-0.1, -0.05) is 60.1 Å². The summed E-state index contributed by atoms with van der Waals surface area (Å²) in [6.45, 7) is 6.24. The van der Waals surface area contributed by atoms with Crippen LogP contribution in [0, 0.1) is 6.92 Å². The van der Waals surface area contributed by atoms with Gasteiger partial charge in [0.25, 0.3) is 0 Å². The molecule has 0 radical (unpaired) electrons. The van der Waals surface area contributed by atoms with E-state index >= 15 is 0 Å². The van der Waals surface area contributed by atoms with E-state index in [0.717, 1.165) is 49.2 Å². The first kappa shape index (κ1) is 20.3. The molecule has 1 N–H and O–H groups in total. The van der Waals surface area contributed by atoms with Gasteiger partial charge in [-0.2, -0.15) is 4.98 Å². The molecule has 0 atom stereocenters. The summed E-state index contributed by atoms with van der Waals surface area (Å²) in [5.74, 6) is 1.62. The fraction of sp³-hybridized carbons (Fsp3) is 0.375.